The highest BCUT2D eigenvalue weighted by atomic mass is 19.1. The van der Waals surface area contributed by atoms with Gasteiger partial charge in [0.2, 0.25) is 0 Å². The molecule has 0 saturated carbocycles. The number of hydrogen-bond donors (Lipinski definition) is 1. The maximum absolute atomic E-state index is 12.9. The molecule has 0 amide bonds. The minimum atomic E-state index is -1.50. The van der Waals surface area contributed by atoms with Gasteiger partial charge in [-0.15, -0.1) is 10.1 Å². The summed E-state index contributed by atoms with van der Waals surface area (Å²) in [6.45, 7) is 1.01. The molecule has 1 N–H and O–H groups in total. The number of benzene rings is 2. The third-order valence-corrected chi connectivity index (χ3v) is 4.18. The molecule has 10 nitrogen and oxygen atoms in total. The van der Waals surface area contributed by atoms with Gasteiger partial charge in [-0.2, -0.15) is 0 Å². The van der Waals surface area contributed by atoms with Crippen molar-refractivity contribution in [1.82, 2.24) is 9.55 Å². The summed E-state index contributed by atoms with van der Waals surface area (Å²) < 4.78 is 26.2. The Morgan fingerprint density at radius 1 is 1.26 bits per heavy atom. The molecule has 4 rings (SSSR count). The topological polar surface area (TPSA) is 121 Å². The fraction of sp³-hybridized carbons (Fsp3) is 0.200. The Hall–Kier alpha value is -4.15. The van der Waals surface area contributed by atoms with Gasteiger partial charge in [0.05, 0.1) is 6.33 Å². The molecular formula is C20H19FN4O6. The minimum absolute atomic E-state index is 0.125. The van der Waals surface area contributed by atoms with Gasteiger partial charge >= 0.3 is 0 Å². The van der Waals surface area contributed by atoms with Crippen molar-refractivity contribution in [3.63, 3.8) is 0 Å². The normalized spacial score (nSPS) is 15.8. The molecule has 11 heteroatoms. The number of para-hydroxylation sites is 1. The van der Waals surface area contributed by atoms with Crippen LogP contribution in [0.15, 0.2) is 72.4 Å². The van der Waals surface area contributed by atoms with Crippen molar-refractivity contribution in [3.8, 4) is 11.5 Å². The lowest BCUT2D eigenvalue weighted by Crippen LogP contribution is -2.31. The summed E-state index contributed by atoms with van der Waals surface area (Å²) >= 11 is 0. The van der Waals surface area contributed by atoms with E-state index in [1.807, 2.05) is 35.0 Å². The zero-order valence-electron chi connectivity index (χ0n) is 16.2. The highest BCUT2D eigenvalue weighted by Gasteiger charge is 2.28. The molecule has 0 bridgehead atoms. The Morgan fingerprint density at radius 3 is 2.71 bits per heavy atom. The van der Waals surface area contributed by atoms with Crippen molar-refractivity contribution in [2.24, 2.45) is 5.16 Å². The second-order valence-electron chi connectivity index (χ2n) is 6.18. The van der Waals surface area contributed by atoms with Crippen LogP contribution < -0.4 is 9.47 Å². The molecule has 0 saturated heterocycles. The molecule has 1 aliphatic heterocycles. The summed E-state index contributed by atoms with van der Waals surface area (Å²) in [6.07, 6.45) is 5.32. The second kappa shape index (κ2) is 10.6. The molecule has 162 valence electrons. The number of ether oxygens (including phenoxy) is 2. The molecule has 1 aliphatic rings. The fourth-order valence-electron chi connectivity index (χ4n) is 2.87. The summed E-state index contributed by atoms with van der Waals surface area (Å²) in [4.78, 5) is 18.0. The number of hydrogen-bond acceptors (Lipinski definition) is 7. The summed E-state index contributed by atoms with van der Waals surface area (Å²) in [5.41, 5.74) is 1.67. The Labute approximate surface area is 176 Å². The van der Waals surface area contributed by atoms with Gasteiger partial charge < -0.3 is 24.1 Å². The Morgan fingerprint density at radius 2 is 2.00 bits per heavy atom. The van der Waals surface area contributed by atoms with Gasteiger partial charge in [0.1, 0.15) is 42.3 Å². The van der Waals surface area contributed by atoms with E-state index < -0.39 is 5.09 Å². The van der Waals surface area contributed by atoms with E-state index in [-0.39, 0.29) is 18.5 Å². The molecule has 1 aromatic heterocycles. The molecule has 1 unspecified atom stereocenters. The first-order chi connectivity index (χ1) is 15.0. The lowest BCUT2D eigenvalue weighted by Gasteiger charge is -2.27. The van der Waals surface area contributed by atoms with Gasteiger partial charge in [0.15, 0.2) is 6.61 Å². The molecule has 0 aliphatic carbocycles. The third-order valence-electron chi connectivity index (χ3n) is 4.18. The van der Waals surface area contributed by atoms with Crippen LogP contribution in [-0.2, 0) is 4.84 Å². The average Bonchev–Trinajstić information content (AvgIpc) is 3.29. The molecule has 3 aromatic rings. The molecular weight excluding hydrogens is 411 g/mol. The number of aromatic nitrogens is 2. The zero-order chi connectivity index (χ0) is 22.1. The Bertz CT molecular complexity index is 1010. The van der Waals surface area contributed by atoms with Gasteiger partial charge in [0.25, 0.3) is 5.09 Å². The fourth-order valence-corrected chi connectivity index (χ4v) is 2.87. The average molecular weight is 430 g/mol. The van der Waals surface area contributed by atoms with E-state index in [4.69, 9.17) is 29.6 Å². The number of nitrogens with zero attached hydrogens (tertiary/aromatic N) is 4. The zero-order valence-corrected chi connectivity index (χ0v) is 16.2. The first-order valence-corrected chi connectivity index (χ1v) is 9.15. The van der Waals surface area contributed by atoms with Gasteiger partial charge in [-0.1, -0.05) is 17.3 Å². The van der Waals surface area contributed by atoms with Crippen molar-refractivity contribution in [3.05, 3.63) is 88.7 Å². The van der Waals surface area contributed by atoms with Crippen LogP contribution in [0.4, 0.5) is 4.39 Å². The second-order valence-corrected chi connectivity index (χ2v) is 6.18. The number of fused-ring (bicyclic) bond motifs is 1. The first kappa shape index (κ1) is 21.6. The van der Waals surface area contributed by atoms with Crippen LogP contribution >= 0.6 is 0 Å². The van der Waals surface area contributed by atoms with Crippen LogP contribution in [-0.4, -0.2) is 45.4 Å². The van der Waals surface area contributed by atoms with Crippen molar-refractivity contribution in [1.29, 1.82) is 0 Å². The molecule has 2 heterocycles. The predicted octanol–water partition coefficient (Wildman–Crippen LogP) is 3.11. The monoisotopic (exact) mass is 430 g/mol. The van der Waals surface area contributed by atoms with Crippen LogP contribution in [0.2, 0.25) is 0 Å². The third kappa shape index (κ3) is 6.16. The van der Waals surface area contributed by atoms with E-state index >= 15 is 0 Å². The van der Waals surface area contributed by atoms with Crippen molar-refractivity contribution in [2.75, 3.05) is 19.8 Å². The Kier molecular flexibility index (Phi) is 7.35. The van der Waals surface area contributed by atoms with Crippen LogP contribution in [0.25, 0.3) is 0 Å². The number of oxime groups is 1. The van der Waals surface area contributed by atoms with E-state index in [1.54, 1.807) is 24.7 Å². The standard InChI is InChI=1S/C20H18FN3O3.HNO3/c21-15-5-7-16(8-6-15)25-11-12-27-23-20-17-3-1-2-4-19(17)26-13-18(20)24-10-9-22-14-24;2-1(3)4/h1-10,14,18H,11-13H2;(H,2,3,4)/b23-20+;. The number of imidazole rings is 1. The summed E-state index contributed by atoms with van der Waals surface area (Å²) in [6, 6.07) is 13.5. The quantitative estimate of drug-likeness (QED) is 0.362. The first-order valence-electron chi connectivity index (χ1n) is 9.15. The maximum atomic E-state index is 12.9. The minimum Gasteiger partial charge on any atom is -0.490 e. The van der Waals surface area contributed by atoms with Gasteiger partial charge in [0, 0.05) is 18.0 Å². The van der Waals surface area contributed by atoms with Crippen LogP contribution in [0.1, 0.15) is 11.6 Å². The Balaban J connectivity index is 0.000000628. The molecule has 1 atom stereocenters. The van der Waals surface area contributed by atoms with E-state index in [9.17, 15) is 4.39 Å². The number of halogens is 1. The summed E-state index contributed by atoms with van der Waals surface area (Å²) in [5.74, 6) is 1.06. The van der Waals surface area contributed by atoms with Gasteiger partial charge in [-0.05, 0) is 36.4 Å². The summed E-state index contributed by atoms with van der Waals surface area (Å²) in [5, 5.41) is 18.0. The van der Waals surface area contributed by atoms with Crippen molar-refractivity contribution >= 4 is 5.71 Å². The van der Waals surface area contributed by atoms with Gasteiger partial charge in [-0.25, -0.2) is 9.37 Å². The highest BCUT2D eigenvalue weighted by Crippen LogP contribution is 2.30. The van der Waals surface area contributed by atoms with E-state index in [0.717, 1.165) is 17.0 Å². The van der Waals surface area contributed by atoms with E-state index in [0.29, 0.717) is 19.0 Å². The van der Waals surface area contributed by atoms with E-state index in [2.05, 4.69) is 10.1 Å². The SMILES string of the molecule is Fc1ccc(OCCO/N=C2\c3ccccc3OCC2n2ccnc2)cc1.O=[N+]([O-])O. The van der Waals surface area contributed by atoms with Crippen LogP contribution in [0.3, 0.4) is 0 Å². The molecule has 0 radical (unpaired) electrons. The molecule has 31 heavy (non-hydrogen) atoms. The largest absolute Gasteiger partial charge is 0.490 e. The lowest BCUT2D eigenvalue weighted by molar-refractivity contribution is -0.742. The maximum Gasteiger partial charge on any atom is 0.291 e. The number of rotatable bonds is 6. The highest BCUT2D eigenvalue weighted by molar-refractivity contribution is 6.06. The van der Waals surface area contributed by atoms with Crippen molar-refractivity contribution in [2.45, 2.75) is 6.04 Å². The van der Waals surface area contributed by atoms with Crippen LogP contribution in [0.5, 0.6) is 11.5 Å². The van der Waals surface area contributed by atoms with Crippen molar-refractivity contribution < 1.29 is 29.0 Å². The molecule has 0 spiro atoms. The van der Waals surface area contributed by atoms with Gasteiger partial charge in [-0.3, -0.25) is 0 Å². The smallest absolute Gasteiger partial charge is 0.291 e. The van der Waals surface area contributed by atoms with Crippen LogP contribution in [0, 0.1) is 15.9 Å². The summed E-state index contributed by atoms with van der Waals surface area (Å²) in [7, 11) is 0. The predicted molar refractivity (Wildman–Crippen MR) is 106 cm³/mol. The molecule has 2 aromatic carbocycles. The lowest BCUT2D eigenvalue weighted by atomic mass is 10.00. The molecule has 0 fully saturated rings. The van der Waals surface area contributed by atoms with E-state index in [1.165, 1.54) is 12.1 Å².